The van der Waals surface area contributed by atoms with Gasteiger partial charge in [0, 0.05) is 15.8 Å². The number of nitro groups is 1. The SMILES string of the molecule is O=[N+]([O-])CC(c1ccccc1)c1c(-c2ccccc2)[nH]c2cc(N=C=S)ccc12. The van der Waals surface area contributed by atoms with Crippen LogP contribution in [0.1, 0.15) is 17.0 Å². The lowest BCUT2D eigenvalue weighted by atomic mass is 9.87. The summed E-state index contributed by atoms with van der Waals surface area (Å²) in [5, 5.41) is 14.9. The second-order valence-electron chi connectivity index (χ2n) is 6.69. The summed E-state index contributed by atoms with van der Waals surface area (Å²) >= 11 is 4.72. The van der Waals surface area contributed by atoms with Crippen LogP contribution in [0, 0.1) is 10.1 Å². The molecule has 0 radical (unpaired) electrons. The molecule has 142 valence electrons. The van der Waals surface area contributed by atoms with Crippen LogP contribution in [0.2, 0.25) is 0 Å². The first-order valence-corrected chi connectivity index (χ1v) is 9.54. The number of nitrogens with one attached hydrogen (secondary N) is 1. The Hall–Kier alpha value is -3.60. The summed E-state index contributed by atoms with van der Waals surface area (Å²) in [6.07, 6.45) is 0. The third-order valence-corrected chi connectivity index (χ3v) is 5.03. The Morgan fingerprint density at radius 2 is 1.72 bits per heavy atom. The average molecular weight is 399 g/mol. The topological polar surface area (TPSA) is 71.3 Å². The highest BCUT2D eigenvalue weighted by Crippen LogP contribution is 2.39. The quantitative estimate of drug-likeness (QED) is 0.188. The Morgan fingerprint density at radius 1 is 1.03 bits per heavy atom. The van der Waals surface area contributed by atoms with Crippen molar-refractivity contribution in [2.24, 2.45) is 4.99 Å². The minimum absolute atomic E-state index is 0.198. The Morgan fingerprint density at radius 3 is 2.38 bits per heavy atom. The van der Waals surface area contributed by atoms with Crippen molar-refractivity contribution in [3.05, 3.63) is 100 Å². The highest BCUT2D eigenvalue weighted by atomic mass is 32.1. The van der Waals surface area contributed by atoms with Gasteiger partial charge in [0.05, 0.1) is 22.5 Å². The molecule has 0 saturated heterocycles. The molecular weight excluding hydrogens is 382 g/mol. The van der Waals surface area contributed by atoms with E-state index >= 15 is 0 Å². The van der Waals surface area contributed by atoms with E-state index in [1.165, 1.54) is 0 Å². The van der Waals surface area contributed by atoms with E-state index in [1.807, 2.05) is 78.9 Å². The third-order valence-electron chi connectivity index (χ3n) is 4.94. The molecule has 4 aromatic rings. The zero-order valence-electron chi connectivity index (χ0n) is 15.4. The van der Waals surface area contributed by atoms with Gasteiger partial charge in [0.1, 0.15) is 0 Å². The van der Waals surface area contributed by atoms with E-state index in [4.69, 9.17) is 12.2 Å². The van der Waals surface area contributed by atoms with Crippen LogP contribution in [-0.2, 0) is 0 Å². The highest BCUT2D eigenvalue weighted by Gasteiger charge is 2.27. The number of benzene rings is 3. The highest BCUT2D eigenvalue weighted by molar-refractivity contribution is 7.78. The van der Waals surface area contributed by atoms with Gasteiger partial charge in [-0.1, -0.05) is 66.7 Å². The maximum atomic E-state index is 11.6. The molecule has 1 unspecified atom stereocenters. The molecule has 1 atom stereocenters. The number of thiocarbonyl (C=S) groups is 1. The van der Waals surface area contributed by atoms with E-state index in [1.54, 1.807) is 0 Å². The molecule has 4 rings (SSSR count). The molecule has 0 saturated carbocycles. The second kappa shape index (κ2) is 8.19. The van der Waals surface area contributed by atoms with Crippen LogP contribution in [0.3, 0.4) is 0 Å². The summed E-state index contributed by atoms with van der Waals surface area (Å²) in [7, 11) is 0. The molecule has 1 heterocycles. The summed E-state index contributed by atoms with van der Waals surface area (Å²) in [6, 6.07) is 25.1. The molecule has 0 aliphatic carbocycles. The smallest absolute Gasteiger partial charge is 0.214 e. The summed E-state index contributed by atoms with van der Waals surface area (Å²) < 4.78 is 0. The number of H-pyrrole nitrogens is 1. The number of fused-ring (bicyclic) bond motifs is 1. The molecule has 6 heteroatoms. The predicted octanol–water partition coefficient (Wildman–Crippen LogP) is 5.98. The van der Waals surface area contributed by atoms with Crippen molar-refractivity contribution < 1.29 is 4.92 Å². The van der Waals surface area contributed by atoms with E-state index in [0.717, 1.165) is 33.3 Å². The van der Waals surface area contributed by atoms with E-state index in [2.05, 4.69) is 15.1 Å². The fraction of sp³-hybridized carbons (Fsp3) is 0.0870. The molecule has 29 heavy (non-hydrogen) atoms. The number of hydrogen-bond acceptors (Lipinski definition) is 4. The summed E-state index contributed by atoms with van der Waals surface area (Å²) in [5.74, 6) is -0.393. The van der Waals surface area contributed by atoms with Gasteiger partial charge in [0.15, 0.2) is 0 Å². The second-order valence-corrected chi connectivity index (χ2v) is 6.87. The maximum Gasteiger partial charge on any atom is 0.214 e. The Labute approximate surface area is 172 Å². The van der Waals surface area contributed by atoms with Crippen molar-refractivity contribution in [2.75, 3.05) is 6.54 Å². The minimum Gasteiger partial charge on any atom is -0.354 e. The molecule has 0 spiro atoms. The van der Waals surface area contributed by atoms with Crippen LogP contribution in [0.4, 0.5) is 5.69 Å². The molecule has 1 N–H and O–H groups in total. The van der Waals surface area contributed by atoms with Crippen molar-refractivity contribution in [3.63, 3.8) is 0 Å². The molecule has 0 fully saturated rings. The maximum absolute atomic E-state index is 11.6. The van der Waals surface area contributed by atoms with Crippen molar-refractivity contribution in [1.29, 1.82) is 0 Å². The van der Waals surface area contributed by atoms with Crippen molar-refractivity contribution >= 4 is 34.0 Å². The Balaban J connectivity index is 2.01. The molecular formula is C23H17N3O2S. The van der Waals surface area contributed by atoms with Gasteiger partial charge in [-0.3, -0.25) is 10.1 Å². The summed E-state index contributed by atoms with van der Waals surface area (Å²) in [4.78, 5) is 18.8. The lowest BCUT2D eigenvalue weighted by Gasteiger charge is -2.16. The summed E-state index contributed by atoms with van der Waals surface area (Å²) in [5.41, 5.74) is 5.21. The predicted molar refractivity (Wildman–Crippen MR) is 119 cm³/mol. The van der Waals surface area contributed by atoms with Crippen LogP contribution in [0.5, 0.6) is 0 Å². The van der Waals surface area contributed by atoms with E-state index in [0.29, 0.717) is 5.69 Å². The number of nitrogens with zero attached hydrogens (tertiary/aromatic N) is 2. The van der Waals surface area contributed by atoms with Crippen LogP contribution in [0.15, 0.2) is 83.9 Å². The first-order chi connectivity index (χ1) is 14.2. The molecule has 0 aliphatic heterocycles. The number of aromatic nitrogens is 1. The normalized spacial score (nSPS) is 11.7. The van der Waals surface area contributed by atoms with Crippen molar-refractivity contribution in [3.8, 4) is 11.3 Å². The monoisotopic (exact) mass is 399 g/mol. The molecule has 3 aromatic carbocycles. The number of isothiocyanates is 1. The molecule has 0 amide bonds. The standard InChI is InChI=1S/C23H17N3O2S/c27-26(28)14-20(16-7-3-1-4-8-16)22-19-12-11-18(24-15-29)13-21(19)25-23(22)17-9-5-2-6-10-17/h1-13,20,25H,14H2. The van der Waals surface area contributed by atoms with Gasteiger partial charge in [0.25, 0.3) is 0 Å². The summed E-state index contributed by atoms with van der Waals surface area (Å²) in [6.45, 7) is -0.198. The largest absolute Gasteiger partial charge is 0.354 e. The lowest BCUT2D eigenvalue weighted by Crippen LogP contribution is -2.14. The first kappa shape index (κ1) is 18.7. The zero-order chi connectivity index (χ0) is 20.2. The average Bonchev–Trinajstić information content (AvgIpc) is 3.12. The van der Waals surface area contributed by atoms with Gasteiger partial charge in [0.2, 0.25) is 6.54 Å². The van der Waals surface area contributed by atoms with Crippen LogP contribution in [-0.4, -0.2) is 21.6 Å². The fourth-order valence-electron chi connectivity index (χ4n) is 3.72. The van der Waals surface area contributed by atoms with Gasteiger partial charge in [-0.15, -0.1) is 0 Å². The third kappa shape index (κ3) is 3.85. The van der Waals surface area contributed by atoms with E-state index < -0.39 is 5.92 Å². The number of hydrogen-bond donors (Lipinski definition) is 1. The van der Waals surface area contributed by atoms with E-state index in [9.17, 15) is 10.1 Å². The van der Waals surface area contributed by atoms with Gasteiger partial charge in [-0.05, 0) is 41.0 Å². The van der Waals surface area contributed by atoms with Crippen LogP contribution in [0.25, 0.3) is 22.2 Å². The van der Waals surface area contributed by atoms with Gasteiger partial charge < -0.3 is 4.98 Å². The molecule has 1 aromatic heterocycles. The lowest BCUT2D eigenvalue weighted by molar-refractivity contribution is -0.481. The number of rotatable bonds is 6. The number of aliphatic imine (C=N–C) groups is 1. The zero-order valence-corrected chi connectivity index (χ0v) is 16.2. The Kier molecular flexibility index (Phi) is 5.29. The van der Waals surface area contributed by atoms with Crippen LogP contribution >= 0.6 is 12.2 Å². The van der Waals surface area contributed by atoms with E-state index in [-0.39, 0.29) is 11.5 Å². The van der Waals surface area contributed by atoms with Crippen molar-refractivity contribution in [1.82, 2.24) is 4.98 Å². The van der Waals surface area contributed by atoms with Gasteiger partial charge in [-0.25, -0.2) is 0 Å². The van der Waals surface area contributed by atoms with Gasteiger partial charge in [-0.2, -0.15) is 4.99 Å². The van der Waals surface area contributed by atoms with Crippen LogP contribution < -0.4 is 0 Å². The minimum atomic E-state index is -0.393. The number of aromatic amines is 1. The molecule has 5 nitrogen and oxygen atoms in total. The van der Waals surface area contributed by atoms with Crippen molar-refractivity contribution in [2.45, 2.75) is 5.92 Å². The molecule has 0 bridgehead atoms. The molecule has 0 aliphatic rings. The first-order valence-electron chi connectivity index (χ1n) is 9.13. The fourth-order valence-corrected chi connectivity index (χ4v) is 3.83. The Bertz CT molecular complexity index is 1210. The van der Waals surface area contributed by atoms with Gasteiger partial charge >= 0.3 is 0 Å².